The van der Waals surface area contributed by atoms with Gasteiger partial charge in [-0.2, -0.15) is 0 Å². The van der Waals surface area contributed by atoms with Crippen LogP contribution in [0.15, 0.2) is 21.5 Å². The fraction of sp³-hybridized carbons (Fsp3) is 0.500. The summed E-state index contributed by atoms with van der Waals surface area (Å²) in [6, 6.07) is 2.77. The van der Waals surface area contributed by atoms with E-state index in [4.69, 9.17) is 22.1 Å². The molecule has 1 heterocycles. The predicted octanol–water partition coefficient (Wildman–Crippen LogP) is 1.50. The highest BCUT2D eigenvalue weighted by atomic mass is 79.9. The van der Waals surface area contributed by atoms with Crippen LogP contribution in [0, 0.1) is 0 Å². The predicted molar refractivity (Wildman–Crippen MR) is 83.8 cm³/mol. The van der Waals surface area contributed by atoms with E-state index in [-0.39, 0.29) is 26.7 Å². The number of hydrogen-bond donors (Lipinski definition) is 3. The molecule has 1 aliphatic rings. The zero-order chi connectivity index (χ0) is 15.7. The van der Waals surface area contributed by atoms with E-state index in [2.05, 4.69) is 20.7 Å². The van der Waals surface area contributed by atoms with E-state index in [1.54, 1.807) is 0 Å². The van der Waals surface area contributed by atoms with Gasteiger partial charge in [-0.25, -0.2) is 13.1 Å². The van der Waals surface area contributed by atoms with Crippen molar-refractivity contribution in [2.75, 3.05) is 25.6 Å². The zero-order valence-electron chi connectivity index (χ0n) is 11.1. The Hall–Kier alpha value is -0.380. The number of nitrogens with one attached hydrogen (secondary N) is 1. The molecule has 0 amide bonds. The molecule has 2 rings (SSSR count). The Kier molecular flexibility index (Phi) is 5.17. The van der Waals surface area contributed by atoms with Crippen LogP contribution in [0.5, 0.6) is 0 Å². The lowest BCUT2D eigenvalue weighted by Crippen LogP contribution is -2.54. The molecular formula is C12H16BrClN2O4S. The SMILES string of the molecule is Nc1cc(Cl)cc(S(=O)(=O)NC2(CO)CCOCC2)c1Br. The zero-order valence-corrected chi connectivity index (χ0v) is 14.3. The van der Waals surface area contributed by atoms with Crippen molar-refractivity contribution in [1.82, 2.24) is 4.72 Å². The standard InChI is InChI=1S/C12H16BrClN2O4S/c13-11-9(15)5-8(14)6-10(11)21(18,19)16-12(7-17)1-3-20-4-2-12/h5-6,16-17H,1-4,7,15H2. The van der Waals surface area contributed by atoms with Crippen LogP contribution in [0.25, 0.3) is 0 Å². The van der Waals surface area contributed by atoms with Gasteiger partial charge in [-0.3, -0.25) is 0 Å². The molecule has 0 bridgehead atoms. The van der Waals surface area contributed by atoms with Crippen molar-refractivity contribution in [3.63, 3.8) is 0 Å². The van der Waals surface area contributed by atoms with Crippen LogP contribution in [0.3, 0.4) is 0 Å². The van der Waals surface area contributed by atoms with Gasteiger partial charge in [0.1, 0.15) is 0 Å². The van der Waals surface area contributed by atoms with E-state index >= 15 is 0 Å². The third kappa shape index (κ3) is 3.69. The molecule has 1 saturated heterocycles. The maximum atomic E-state index is 12.6. The highest BCUT2D eigenvalue weighted by Gasteiger charge is 2.37. The second-order valence-electron chi connectivity index (χ2n) is 4.96. The number of rotatable bonds is 4. The molecule has 0 aromatic heterocycles. The van der Waals surface area contributed by atoms with Gasteiger partial charge in [0.15, 0.2) is 0 Å². The summed E-state index contributed by atoms with van der Waals surface area (Å²) in [5.74, 6) is 0. The number of halogens is 2. The average molecular weight is 400 g/mol. The van der Waals surface area contributed by atoms with Crippen molar-refractivity contribution in [3.8, 4) is 0 Å². The van der Waals surface area contributed by atoms with Gasteiger partial charge in [-0.05, 0) is 40.9 Å². The normalized spacial score (nSPS) is 18.6. The molecule has 1 aliphatic heterocycles. The second kappa shape index (κ2) is 6.39. The Bertz CT molecular complexity index is 632. The maximum absolute atomic E-state index is 12.6. The first kappa shape index (κ1) is 17.0. The smallest absolute Gasteiger partial charge is 0.242 e. The topological polar surface area (TPSA) is 102 Å². The Labute approximate surface area is 136 Å². The van der Waals surface area contributed by atoms with Crippen LogP contribution in [0.1, 0.15) is 12.8 Å². The fourth-order valence-corrected chi connectivity index (χ4v) is 4.92. The molecule has 4 N–H and O–H groups in total. The minimum absolute atomic E-state index is 0.0492. The van der Waals surface area contributed by atoms with Gasteiger partial charge in [-0.1, -0.05) is 11.6 Å². The maximum Gasteiger partial charge on any atom is 0.242 e. The molecule has 0 spiro atoms. The van der Waals surface area contributed by atoms with Crippen molar-refractivity contribution in [2.45, 2.75) is 23.3 Å². The summed E-state index contributed by atoms with van der Waals surface area (Å²) in [7, 11) is -3.88. The lowest BCUT2D eigenvalue weighted by atomic mass is 9.93. The van der Waals surface area contributed by atoms with Crippen LogP contribution in [0.2, 0.25) is 5.02 Å². The van der Waals surface area contributed by atoms with Crippen molar-refractivity contribution in [2.24, 2.45) is 0 Å². The molecule has 0 aliphatic carbocycles. The van der Waals surface area contributed by atoms with E-state index in [0.717, 1.165) is 0 Å². The molecule has 1 aromatic rings. The van der Waals surface area contributed by atoms with Gasteiger partial charge in [-0.15, -0.1) is 0 Å². The van der Waals surface area contributed by atoms with Gasteiger partial charge < -0.3 is 15.6 Å². The summed E-state index contributed by atoms with van der Waals surface area (Å²) < 4.78 is 33.2. The van der Waals surface area contributed by atoms with Crippen LogP contribution in [-0.4, -0.2) is 38.9 Å². The summed E-state index contributed by atoms with van der Waals surface area (Å²) in [5.41, 5.74) is 5.03. The number of hydrogen-bond acceptors (Lipinski definition) is 5. The number of benzene rings is 1. The average Bonchev–Trinajstić information content (AvgIpc) is 2.43. The first-order valence-electron chi connectivity index (χ1n) is 6.27. The number of aliphatic hydroxyl groups excluding tert-OH is 1. The largest absolute Gasteiger partial charge is 0.398 e. The molecule has 6 nitrogen and oxygen atoms in total. The lowest BCUT2D eigenvalue weighted by molar-refractivity contribution is 0.0223. The Morgan fingerprint density at radius 1 is 1.43 bits per heavy atom. The van der Waals surface area contributed by atoms with E-state index in [9.17, 15) is 13.5 Å². The minimum atomic E-state index is -3.88. The van der Waals surface area contributed by atoms with Gasteiger partial charge in [0.2, 0.25) is 10.0 Å². The van der Waals surface area contributed by atoms with Crippen LogP contribution >= 0.6 is 27.5 Å². The van der Waals surface area contributed by atoms with Crippen molar-refractivity contribution in [1.29, 1.82) is 0 Å². The molecule has 1 fully saturated rings. The van der Waals surface area contributed by atoms with Crippen molar-refractivity contribution < 1.29 is 18.3 Å². The molecule has 0 atom stereocenters. The van der Waals surface area contributed by atoms with Gasteiger partial charge in [0.25, 0.3) is 0 Å². The summed E-state index contributed by atoms with van der Waals surface area (Å²) >= 11 is 9.04. The molecule has 1 aromatic carbocycles. The van der Waals surface area contributed by atoms with E-state index < -0.39 is 15.6 Å². The van der Waals surface area contributed by atoms with E-state index in [1.165, 1.54) is 12.1 Å². The molecule has 9 heteroatoms. The third-order valence-corrected chi connectivity index (χ3v) is 6.39. The summed E-state index contributed by atoms with van der Waals surface area (Å²) in [5, 5.41) is 9.81. The van der Waals surface area contributed by atoms with Crippen LogP contribution < -0.4 is 10.5 Å². The molecule has 0 saturated carbocycles. The quantitative estimate of drug-likeness (QED) is 0.666. The molecule has 0 radical (unpaired) electrons. The number of aliphatic hydroxyl groups is 1. The summed E-state index contributed by atoms with van der Waals surface area (Å²) in [6.07, 6.45) is 0.798. The number of anilines is 1. The lowest BCUT2D eigenvalue weighted by Gasteiger charge is -2.36. The number of nitrogens with two attached hydrogens (primary N) is 1. The highest BCUT2D eigenvalue weighted by Crippen LogP contribution is 2.33. The summed E-state index contributed by atoms with van der Waals surface area (Å²) in [4.78, 5) is -0.0492. The first-order valence-corrected chi connectivity index (χ1v) is 8.92. The monoisotopic (exact) mass is 398 g/mol. The Morgan fingerprint density at radius 3 is 2.62 bits per heavy atom. The Morgan fingerprint density at radius 2 is 2.05 bits per heavy atom. The Balaban J connectivity index is 2.38. The minimum Gasteiger partial charge on any atom is -0.398 e. The number of sulfonamides is 1. The van der Waals surface area contributed by atoms with Gasteiger partial charge in [0.05, 0.1) is 21.5 Å². The third-order valence-electron chi connectivity index (χ3n) is 3.43. The van der Waals surface area contributed by atoms with Gasteiger partial charge >= 0.3 is 0 Å². The van der Waals surface area contributed by atoms with Gasteiger partial charge in [0, 0.05) is 23.9 Å². The second-order valence-corrected chi connectivity index (χ2v) is 7.84. The molecule has 0 unspecified atom stereocenters. The summed E-state index contributed by atoms with van der Waals surface area (Å²) in [6.45, 7) is 0.479. The molecule has 118 valence electrons. The first-order chi connectivity index (χ1) is 9.80. The van der Waals surface area contributed by atoms with Crippen molar-refractivity contribution in [3.05, 3.63) is 21.6 Å². The fourth-order valence-electron chi connectivity index (χ4n) is 2.17. The van der Waals surface area contributed by atoms with E-state index in [1.807, 2.05) is 0 Å². The van der Waals surface area contributed by atoms with Crippen LogP contribution in [0.4, 0.5) is 5.69 Å². The number of nitrogen functional groups attached to an aromatic ring is 1. The molecule has 21 heavy (non-hydrogen) atoms. The highest BCUT2D eigenvalue weighted by molar-refractivity contribution is 9.10. The van der Waals surface area contributed by atoms with Crippen molar-refractivity contribution >= 4 is 43.2 Å². The van der Waals surface area contributed by atoms with E-state index in [0.29, 0.717) is 26.1 Å². The van der Waals surface area contributed by atoms with Crippen LogP contribution in [-0.2, 0) is 14.8 Å². The molecular weight excluding hydrogens is 384 g/mol. The number of ether oxygens (including phenoxy) is 1.